The molecule has 0 aromatic heterocycles. The first-order chi connectivity index (χ1) is 18.4. The maximum Gasteiger partial charge on any atom is 0.293 e. The molecule has 5 nitrogen and oxygen atoms in total. The summed E-state index contributed by atoms with van der Waals surface area (Å²) in [7, 11) is 0. The molecule has 1 aliphatic rings. The molecule has 1 fully saturated rings. The highest BCUT2D eigenvalue weighted by atomic mass is 35.5. The van der Waals surface area contributed by atoms with E-state index in [0.717, 1.165) is 33.7 Å². The molecular formula is C31H26ClNO4S. The summed E-state index contributed by atoms with van der Waals surface area (Å²) in [5, 5.41) is 2.15. The second kappa shape index (κ2) is 11.3. The monoisotopic (exact) mass is 543 g/mol. The maximum atomic E-state index is 13.2. The lowest BCUT2D eigenvalue weighted by molar-refractivity contribution is -0.123. The van der Waals surface area contributed by atoms with Crippen molar-refractivity contribution >= 4 is 51.4 Å². The average molecular weight is 544 g/mol. The van der Waals surface area contributed by atoms with Crippen LogP contribution in [0.4, 0.5) is 4.79 Å². The van der Waals surface area contributed by atoms with Crippen LogP contribution in [0.2, 0.25) is 5.02 Å². The van der Waals surface area contributed by atoms with Gasteiger partial charge in [-0.3, -0.25) is 14.5 Å². The van der Waals surface area contributed by atoms with Crippen LogP contribution in [-0.4, -0.2) is 22.7 Å². The number of nitrogens with zero attached hydrogens (tertiary/aromatic N) is 1. The van der Waals surface area contributed by atoms with E-state index in [1.165, 1.54) is 10.5 Å². The van der Waals surface area contributed by atoms with Crippen LogP contribution in [0.15, 0.2) is 83.8 Å². The summed E-state index contributed by atoms with van der Waals surface area (Å²) in [5.74, 6) is 0.588. The first-order valence-electron chi connectivity index (χ1n) is 12.3. The Bertz CT molecular complexity index is 1540. The van der Waals surface area contributed by atoms with Gasteiger partial charge < -0.3 is 9.47 Å². The Balaban J connectivity index is 1.38. The molecule has 0 radical (unpaired) electrons. The minimum atomic E-state index is -0.332. The number of aryl methyl sites for hydroxylation is 1. The van der Waals surface area contributed by atoms with Gasteiger partial charge in [-0.15, -0.1) is 0 Å². The van der Waals surface area contributed by atoms with Gasteiger partial charge in [0, 0.05) is 0 Å². The van der Waals surface area contributed by atoms with Crippen LogP contribution in [0.1, 0.15) is 29.2 Å². The van der Waals surface area contributed by atoms with Gasteiger partial charge in [0.25, 0.3) is 11.1 Å². The van der Waals surface area contributed by atoms with Gasteiger partial charge in [0.15, 0.2) is 11.5 Å². The van der Waals surface area contributed by atoms with Crippen molar-refractivity contribution in [2.45, 2.75) is 27.0 Å². The van der Waals surface area contributed by atoms with Gasteiger partial charge in [0.05, 0.1) is 23.1 Å². The predicted molar refractivity (Wildman–Crippen MR) is 154 cm³/mol. The van der Waals surface area contributed by atoms with Gasteiger partial charge in [-0.2, -0.15) is 0 Å². The zero-order valence-electron chi connectivity index (χ0n) is 21.1. The normalized spacial score (nSPS) is 14.5. The van der Waals surface area contributed by atoms with E-state index < -0.39 is 0 Å². The van der Waals surface area contributed by atoms with Crippen LogP contribution in [0.3, 0.4) is 0 Å². The molecular weight excluding hydrogens is 518 g/mol. The number of imide groups is 1. The number of carbonyl (C=O) groups excluding carboxylic acids is 2. The lowest BCUT2D eigenvalue weighted by Crippen LogP contribution is -2.27. The van der Waals surface area contributed by atoms with E-state index >= 15 is 0 Å². The minimum absolute atomic E-state index is 0.208. The maximum absolute atomic E-state index is 13.2. The van der Waals surface area contributed by atoms with Crippen molar-refractivity contribution in [1.29, 1.82) is 0 Å². The fraction of sp³-hybridized carbons (Fsp3) is 0.161. The van der Waals surface area contributed by atoms with E-state index in [4.69, 9.17) is 21.1 Å². The largest absolute Gasteiger partial charge is 0.490 e. The SMILES string of the molecule is CCOc1cc(/C=C2\SC(=O)N(Cc3cccc4ccccc34)C2=O)cc(Cl)c1OCc1ccc(C)cc1. The molecule has 0 unspecified atom stereocenters. The minimum Gasteiger partial charge on any atom is -0.490 e. The van der Waals surface area contributed by atoms with Crippen molar-refractivity contribution in [3.8, 4) is 11.5 Å². The van der Waals surface area contributed by atoms with Crippen LogP contribution >= 0.6 is 23.4 Å². The number of ether oxygens (including phenoxy) is 2. The Morgan fingerprint density at radius 1 is 0.947 bits per heavy atom. The summed E-state index contributed by atoms with van der Waals surface area (Å²) in [4.78, 5) is 27.7. The van der Waals surface area contributed by atoms with Crippen molar-refractivity contribution in [3.05, 3.63) is 111 Å². The van der Waals surface area contributed by atoms with Crippen molar-refractivity contribution in [3.63, 3.8) is 0 Å². The van der Waals surface area contributed by atoms with Gasteiger partial charge in [-0.1, -0.05) is 83.9 Å². The lowest BCUT2D eigenvalue weighted by atomic mass is 10.0. The van der Waals surface area contributed by atoms with Gasteiger partial charge in [-0.05, 0) is 71.3 Å². The molecule has 0 spiro atoms. The van der Waals surface area contributed by atoms with Crippen LogP contribution in [0, 0.1) is 6.92 Å². The summed E-state index contributed by atoms with van der Waals surface area (Å²) in [6, 6.07) is 25.4. The second-order valence-electron chi connectivity index (χ2n) is 8.94. The van der Waals surface area contributed by atoms with Crippen LogP contribution in [0.5, 0.6) is 11.5 Å². The van der Waals surface area contributed by atoms with Crippen LogP contribution in [0.25, 0.3) is 16.8 Å². The molecule has 0 bridgehead atoms. The molecule has 0 N–H and O–H groups in total. The smallest absolute Gasteiger partial charge is 0.293 e. The molecule has 38 heavy (non-hydrogen) atoms. The molecule has 0 aliphatic carbocycles. The van der Waals surface area contributed by atoms with E-state index in [-0.39, 0.29) is 17.7 Å². The Hall–Kier alpha value is -3.74. The summed E-state index contributed by atoms with van der Waals surface area (Å²) >= 11 is 7.52. The molecule has 5 rings (SSSR count). The van der Waals surface area contributed by atoms with E-state index in [1.807, 2.05) is 80.6 Å². The third-order valence-corrected chi connectivity index (χ3v) is 7.40. The number of benzene rings is 4. The number of halogens is 1. The van der Waals surface area contributed by atoms with E-state index in [0.29, 0.717) is 40.2 Å². The zero-order chi connectivity index (χ0) is 26.6. The molecule has 7 heteroatoms. The first kappa shape index (κ1) is 25.9. The van der Waals surface area contributed by atoms with E-state index in [2.05, 4.69) is 0 Å². The van der Waals surface area contributed by atoms with E-state index in [1.54, 1.807) is 18.2 Å². The van der Waals surface area contributed by atoms with Gasteiger partial charge in [0.2, 0.25) is 0 Å². The summed E-state index contributed by atoms with van der Waals surface area (Å²) in [6.45, 7) is 4.88. The third-order valence-electron chi connectivity index (χ3n) is 6.22. The summed E-state index contributed by atoms with van der Waals surface area (Å²) < 4.78 is 11.8. The Kier molecular flexibility index (Phi) is 7.72. The molecule has 2 amide bonds. The number of carbonyl (C=O) groups is 2. The van der Waals surface area contributed by atoms with Crippen molar-refractivity contribution in [2.75, 3.05) is 6.61 Å². The quantitative estimate of drug-likeness (QED) is 0.211. The second-order valence-corrected chi connectivity index (χ2v) is 10.3. The number of amides is 2. The average Bonchev–Trinajstić information content (AvgIpc) is 3.17. The predicted octanol–water partition coefficient (Wildman–Crippen LogP) is 8.02. The van der Waals surface area contributed by atoms with Crippen LogP contribution < -0.4 is 9.47 Å². The van der Waals surface area contributed by atoms with Crippen molar-refractivity contribution in [1.82, 2.24) is 4.90 Å². The first-order valence-corrected chi connectivity index (χ1v) is 13.5. The Morgan fingerprint density at radius 3 is 2.50 bits per heavy atom. The fourth-order valence-corrected chi connectivity index (χ4v) is 5.41. The standard InChI is InChI=1S/C31H26ClNO4S/c1-3-36-27-16-22(15-26(32)29(27)37-19-21-13-11-20(2)12-14-21)17-28-30(34)33(31(35)38-28)18-24-9-6-8-23-7-4-5-10-25(23)24/h4-17H,3,18-19H2,1-2H3/b28-17-. The molecule has 0 saturated carbocycles. The summed E-state index contributed by atoms with van der Waals surface area (Å²) in [5.41, 5.74) is 3.76. The number of fused-ring (bicyclic) bond motifs is 1. The zero-order valence-corrected chi connectivity index (χ0v) is 22.6. The Morgan fingerprint density at radius 2 is 1.71 bits per heavy atom. The van der Waals surface area contributed by atoms with E-state index in [9.17, 15) is 9.59 Å². The number of rotatable bonds is 8. The molecule has 4 aromatic carbocycles. The highest BCUT2D eigenvalue weighted by Crippen LogP contribution is 2.40. The van der Waals surface area contributed by atoms with Gasteiger partial charge in [0.1, 0.15) is 6.61 Å². The Labute approximate surface area is 231 Å². The molecule has 1 saturated heterocycles. The molecule has 1 aliphatic heterocycles. The molecule has 4 aromatic rings. The fourth-order valence-electron chi connectivity index (χ4n) is 4.30. The lowest BCUT2D eigenvalue weighted by Gasteiger charge is -2.15. The van der Waals surface area contributed by atoms with Crippen molar-refractivity contribution < 1.29 is 19.1 Å². The number of hydrogen-bond acceptors (Lipinski definition) is 5. The molecule has 1 heterocycles. The van der Waals surface area contributed by atoms with Gasteiger partial charge >= 0.3 is 0 Å². The number of thioether (sulfide) groups is 1. The highest BCUT2D eigenvalue weighted by Gasteiger charge is 2.35. The molecule has 192 valence electrons. The third kappa shape index (κ3) is 5.57. The highest BCUT2D eigenvalue weighted by molar-refractivity contribution is 8.18. The van der Waals surface area contributed by atoms with Gasteiger partial charge in [-0.25, -0.2) is 0 Å². The van der Waals surface area contributed by atoms with Crippen LogP contribution in [-0.2, 0) is 17.9 Å². The molecule has 0 atom stereocenters. The summed E-state index contributed by atoms with van der Waals surface area (Å²) in [6.07, 6.45) is 1.67. The topological polar surface area (TPSA) is 55.8 Å². The number of hydrogen-bond donors (Lipinski definition) is 0. The van der Waals surface area contributed by atoms with Crippen molar-refractivity contribution in [2.24, 2.45) is 0 Å².